The van der Waals surface area contributed by atoms with Crippen molar-refractivity contribution in [3.8, 4) is 0 Å². The number of halogens is 2. The number of aromatic nitrogens is 1. The normalized spacial score (nSPS) is 9.64. The van der Waals surface area contributed by atoms with Crippen LogP contribution in [0.3, 0.4) is 0 Å². The summed E-state index contributed by atoms with van der Waals surface area (Å²) in [6, 6.07) is 1.45. The third-order valence-corrected chi connectivity index (χ3v) is 1.63. The first kappa shape index (κ1) is 8.14. The van der Waals surface area contributed by atoms with Crippen LogP contribution in [0.15, 0.2) is 12.3 Å². The lowest BCUT2D eigenvalue weighted by Gasteiger charge is -1.99. The van der Waals surface area contributed by atoms with E-state index in [2.05, 4.69) is 4.98 Å². The fourth-order valence-corrected chi connectivity index (χ4v) is 0.921. The largest absolute Gasteiger partial charge is 0.296 e. The zero-order valence-corrected chi connectivity index (χ0v) is 6.31. The second kappa shape index (κ2) is 3.44. The Morgan fingerprint density at radius 3 is 2.91 bits per heavy atom. The van der Waals surface area contributed by atoms with Gasteiger partial charge in [0.1, 0.15) is 12.4 Å². The fraction of sp³-hybridized carbons (Fsp3) is 0.143. The summed E-state index contributed by atoms with van der Waals surface area (Å²) in [6.07, 6.45) is 1.85. The molecule has 0 atom stereocenters. The molecule has 0 amide bonds. The molecule has 0 unspecified atom stereocenters. The molecular weight excluding hydrogens is 169 g/mol. The molecule has 0 aliphatic carbocycles. The molecule has 1 heterocycles. The molecule has 0 aromatic carbocycles. The SMILES string of the molecule is O=Cc1nccc(Cl)c1CF. The van der Waals surface area contributed by atoms with Gasteiger partial charge in [0.15, 0.2) is 6.29 Å². The summed E-state index contributed by atoms with van der Waals surface area (Å²) in [6.45, 7) is -0.763. The zero-order valence-electron chi connectivity index (χ0n) is 5.55. The number of pyridine rings is 1. The van der Waals surface area contributed by atoms with Crippen LogP contribution in [-0.4, -0.2) is 11.3 Å². The van der Waals surface area contributed by atoms with E-state index < -0.39 is 6.67 Å². The molecule has 4 heteroatoms. The van der Waals surface area contributed by atoms with E-state index in [0.29, 0.717) is 6.29 Å². The highest BCUT2D eigenvalue weighted by Crippen LogP contribution is 2.17. The lowest BCUT2D eigenvalue weighted by atomic mass is 10.2. The number of hydrogen-bond acceptors (Lipinski definition) is 2. The summed E-state index contributed by atoms with van der Waals surface area (Å²) in [4.78, 5) is 13.9. The van der Waals surface area contributed by atoms with Gasteiger partial charge in [-0.1, -0.05) is 11.6 Å². The topological polar surface area (TPSA) is 30.0 Å². The van der Waals surface area contributed by atoms with Gasteiger partial charge >= 0.3 is 0 Å². The maximum absolute atomic E-state index is 12.2. The van der Waals surface area contributed by atoms with E-state index in [1.807, 2.05) is 0 Å². The van der Waals surface area contributed by atoms with Gasteiger partial charge in [0.05, 0.1) is 5.02 Å². The molecule has 11 heavy (non-hydrogen) atoms. The summed E-state index contributed by atoms with van der Waals surface area (Å²) >= 11 is 5.57. The van der Waals surface area contributed by atoms with Crippen molar-refractivity contribution >= 4 is 17.9 Å². The summed E-state index contributed by atoms with van der Waals surface area (Å²) < 4.78 is 12.2. The highest BCUT2D eigenvalue weighted by Gasteiger charge is 2.05. The maximum atomic E-state index is 12.2. The standard InChI is InChI=1S/C7H5ClFNO/c8-6-1-2-10-7(4-11)5(6)3-9/h1-2,4H,3H2. The van der Waals surface area contributed by atoms with E-state index in [9.17, 15) is 9.18 Å². The molecule has 0 aliphatic rings. The Hall–Kier alpha value is -0.960. The van der Waals surface area contributed by atoms with E-state index in [4.69, 9.17) is 11.6 Å². The van der Waals surface area contributed by atoms with Crippen molar-refractivity contribution in [1.82, 2.24) is 4.98 Å². The molecule has 0 saturated heterocycles. The molecular formula is C7H5ClFNO. The molecule has 1 rings (SSSR count). The molecule has 0 radical (unpaired) electrons. The molecule has 1 aromatic rings. The Morgan fingerprint density at radius 1 is 1.73 bits per heavy atom. The Labute approximate surface area is 68.0 Å². The van der Waals surface area contributed by atoms with Crippen molar-refractivity contribution in [2.24, 2.45) is 0 Å². The van der Waals surface area contributed by atoms with Crippen molar-refractivity contribution in [3.05, 3.63) is 28.5 Å². The van der Waals surface area contributed by atoms with Crippen LogP contribution in [0.4, 0.5) is 4.39 Å². The lowest BCUT2D eigenvalue weighted by Crippen LogP contribution is -1.94. The molecule has 58 valence electrons. The average molecular weight is 174 g/mol. The summed E-state index contributed by atoms with van der Waals surface area (Å²) in [5.41, 5.74) is 0.226. The molecule has 0 spiro atoms. The van der Waals surface area contributed by atoms with Gasteiger partial charge in [-0.25, -0.2) is 4.39 Å². The molecule has 0 saturated carbocycles. The maximum Gasteiger partial charge on any atom is 0.168 e. The first-order chi connectivity index (χ1) is 5.29. The van der Waals surface area contributed by atoms with Crippen molar-refractivity contribution in [2.45, 2.75) is 6.67 Å². The van der Waals surface area contributed by atoms with Gasteiger partial charge in [-0.2, -0.15) is 0 Å². The molecule has 0 bridgehead atoms. The predicted octanol–water partition coefficient (Wildman–Crippen LogP) is 2.02. The number of alkyl halides is 1. The Kier molecular flexibility index (Phi) is 2.54. The van der Waals surface area contributed by atoms with Gasteiger partial charge in [-0.15, -0.1) is 0 Å². The highest BCUT2D eigenvalue weighted by atomic mass is 35.5. The molecule has 0 aliphatic heterocycles. The van der Waals surface area contributed by atoms with Crippen molar-refractivity contribution in [2.75, 3.05) is 0 Å². The van der Waals surface area contributed by atoms with E-state index in [-0.39, 0.29) is 16.3 Å². The molecule has 0 fully saturated rings. The average Bonchev–Trinajstić information content (AvgIpc) is 2.04. The first-order valence-electron chi connectivity index (χ1n) is 2.94. The third-order valence-electron chi connectivity index (χ3n) is 1.28. The minimum absolute atomic E-state index is 0.0694. The summed E-state index contributed by atoms with van der Waals surface area (Å²) in [7, 11) is 0. The quantitative estimate of drug-likeness (QED) is 0.641. The zero-order chi connectivity index (χ0) is 8.27. The Morgan fingerprint density at radius 2 is 2.45 bits per heavy atom. The molecule has 2 nitrogen and oxygen atoms in total. The smallest absolute Gasteiger partial charge is 0.168 e. The number of aldehydes is 1. The first-order valence-corrected chi connectivity index (χ1v) is 3.32. The van der Waals surface area contributed by atoms with Crippen molar-refractivity contribution in [1.29, 1.82) is 0 Å². The molecule has 1 aromatic heterocycles. The van der Waals surface area contributed by atoms with Crippen LogP contribution in [0, 0.1) is 0 Å². The van der Waals surface area contributed by atoms with E-state index in [1.54, 1.807) is 0 Å². The number of rotatable bonds is 2. The van der Waals surface area contributed by atoms with Gasteiger partial charge in [0.25, 0.3) is 0 Å². The third kappa shape index (κ3) is 1.54. The van der Waals surface area contributed by atoms with Crippen LogP contribution in [-0.2, 0) is 6.67 Å². The highest BCUT2D eigenvalue weighted by molar-refractivity contribution is 6.31. The van der Waals surface area contributed by atoms with Crippen LogP contribution in [0.1, 0.15) is 16.1 Å². The van der Waals surface area contributed by atoms with Gasteiger partial charge in [-0.05, 0) is 6.07 Å². The van der Waals surface area contributed by atoms with Gasteiger partial charge in [0.2, 0.25) is 0 Å². The predicted molar refractivity (Wildman–Crippen MR) is 39.4 cm³/mol. The Bertz CT molecular complexity index is 277. The van der Waals surface area contributed by atoms with Gasteiger partial charge < -0.3 is 0 Å². The number of nitrogens with zero attached hydrogens (tertiary/aromatic N) is 1. The number of carbonyl (C=O) groups excluding carboxylic acids is 1. The van der Waals surface area contributed by atoms with E-state index in [1.165, 1.54) is 12.3 Å². The summed E-state index contributed by atoms with van der Waals surface area (Å²) in [5, 5.41) is 0.240. The van der Waals surface area contributed by atoms with Crippen LogP contribution in [0.25, 0.3) is 0 Å². The minimum Gasteiger partial charge on any atom is -0.296 e. The van der Waals surface area contributed by atoms with Gasteiger partial charge in [-0.3, -0.25) is 9.78 Å². The van der Waals surface area contributed by atoms with Crippen LogP contribution < -0.4 is 0 Å². The monoisotopic (exact) mass is 173 g/mol. The van der Waals surface area contributed by atoms with Crippen molar-refractivity contribution < 1.29 is 9.18 Å². The van der Waals surface area contributed by atoms with E-state index >= 15 is 0 Å². The second-order valence-electron chi connectivity index (χ2n) is 1.91. The lowest BCUT2D eigenvalue weighted by molar-refractivity contribution is 0.111. The van der Waals surface area contributed by atoms with Crippen LogP contribution in [0.5, 0.6) is 0 Å². The van der Waals surface area contributed by atoms with E-state index in [0.717, 1.165) is 0 Å². The summed E-state index contributed by atoms with van der Waals surface area (Å²) in [5.74, 6) is 0. The fourth-order valence-electron chi connectivity index (χ4n) is 0.718. The van der Waals surface area contributed by atoms with Gasteiger partial charge in [0, 0.05) is 11.8 Å². The Balaban J connectivity index is 3.23. The van der Waals surface area contributed by atoms with Crippen LogP contribution >= 0.6 is 11.6 Å². The van der Waals surface area contributed by atoms with Crippen LogP contribution in [0.2, 0.25) is 5.02 Å². The number of hydrogen-bond donors (Lipinski definition) is 0. The minimum atomic E-state index is -0.763. The number of carbonyl (C=O) groups is 1. The van der Waals surface area contributed by atoms with Crippen molar-refractivity contribution in [3.63, 3.8) is 0 Å². The molecule has 0 N–H and O–H groups in total. The second-order valence-corrected chi connectivity index (χ2v) is 2.32.